The minimum absolute atomic E-state index is 0.0122. The summed E-state index contributed by atoms with van der Waals surface area (Å²) in [5.74, 6) is -0.564. The molecular weight excluding hydrogens is 841 g/mol. The molecule has 2 N–H and O–H groups in total. The average Bonchev–Trinajstić information content (AvgIpc) is 3.30. The fourth-order valence-electron chi connectivity index (χ4n) is 7.36. The highest BCUT2D eigenvalue weighted by Gasteiger charge is 2.44. The lowest BCUT2D eigenvalue weighted by Crippen LogP contribution is -2.58. The third-order valence-electron chi connectivity index (χ3n) is 11.4. The molecule has 3 aromatic rings. The second-order valence-corrected chi connectivity index (χ2v) is 16.4. The Kier molecular flexibility index (Phi) is 20.8. The van der Waals surface area contributed by atoms with Gasteiger partial charge in [-0.25, -0.2) is 0 Å². The summed E-state index contributed by atoms with van der Waals surface area (Å²) in [5.41, 5.74) is -0.377. The summed E-state index contributed by atoms with van der Waals surface area (Å²) in [4.78, 5) is 62.0. The van der Waals surface area contributed by atoms with Crippen LogP contribution in [0.1, 0.15) is 71.1 Å². The molecule has 0 bridgehead atoms. The summed E-state index contributed by atoms with van der Waals surface area (Å²) in [6.45, 7) is 10.5. The van der Waals surface area contributed by atoms with Gasteiger partial charge in [-0.3, -0.25) is 19.2 Å². The number of ketones is 1. The van der Waals surface area contributed by atoms with E-state index < -0.39 is 47.3 Å². The summed E-state index contributed by atoms with van der Waals surface area (Å²) in [5, 5.41) is 5.84. The van der Waals surface area contributed by atoms with Crippen molar-refractivity contribution in [2.24, 2.45) is 17.3 Å². The van der Waals surface area contributed by atoms with Crippen molar-refractivity contribution in [3.63, 3.8) is 0 Å². The van der Waals surface area contributed by atoms with Gasteiger partial charge >= 0.3 is 11.9 Å². The first kappa shape index (κ1) is 52.2. The molecule has 356 valence electrons. The molecule has 1 aliphatic heterocycles. The molecule has 6 unspecified atom stereocenters. The minimum Gasteiger partial charge on any atom is -0.497 e. The molecule has 1 aliphatic rings. The van der Waals surface area contributed by atoms with E-state index in [4.69, 9.17) is 42.6 Å². The van der Waals surface area contributed by atoms with E-state index in [1.54, 1.807) is 21.1 Å². The summed E-state index contributed by atoms with van der Waals surface area (Å²) >= 11 is 0. The molecule has 1 heterocycles. The van der Waals surface area contributed by atoms with E-state index in [-0.39, 0.29) is 95.8 Å². The molecule has 0 aromatic heterocycles. The molecule has 16 heteroatoms. The van der Waals surface area contributed by atoms with E-state index in [1.807, 2.05) is 92.7 Å². The van der Waals surface area contributed by atoms with Crippen LogP contribution in [-0.2, 0) is 62.7 Å². The van der Waals surface area contributed by atoms with E-state index in [0.717, 1.165) is 16.7 Å². The second-order valence-electron chi connectivity index (χ2n) is 16.4. The molecule has 1 saturated heterocycles. The highest BCUT2D eigenvalue weighted by molar-refractivity contribution is 5.84. The normalized spacial score (nSPS) is 19.3. The molecule has 6 atom stereocenters. The van der Waals surface area contributed by atoms with E-state index in [2.05, 4.69) is 10.6 Å². The van der Waals surface area contributed by atoms with Crippen molar-refractivity contribution < 1.29 is 66.6 Å². The van der Waals surface area contributed by atoms with Gasteiger partial charge < -0.3 is 58.1 Å². The molecule has 16 nitrogen and oxygen atoms in total. The number of carbonyl (C=O) groups excluding carboxylic acids is 5. The van der Waals surface area contributed by atoms with Gasteiger partial charge in [0.25, 0.3) is 0 Å². The maximum atomic E-state index is 14.2. The number of carbonyl (C=O) groups is 5. The maximum Gasteiger partial charge on any atom is 0.306 e. The average molecular weight is 907 g/mol. The number of rotatable bonds is 27. The fourth-order valence-corrected chi connectivity index (χ4v) is 7.36. The van der Waals surface area contributed by atoms with Crippen LogP contribution in [-0.4, -0.2) is 122 Å². The number of Topliss-reactive ketones (excluding diaryl/α,β-unsaturated/α-hetero) is 1. The van der Waals surface area contributed by atoms with Gasteiger partial charge in [0.15, 0.2) is 6.29 Å². The Balaban J connectivity index is 1.39. The predicted molar refractivity (Wildman–Crippen MR) is 239 cm³/mol. The Morgan fingerprint density at radius 1 is 0.677 bits per heavy atom. The summed E-state index contributed by atoms with van der Waals surface area (Å²) in [6.07, 6.45) is -1.28. The van der Waals surface area contributed by atoms with Crippen LogP contribution in [0.25, 0.3) is 0 Å². The highest BCUT2D eigenvalue weighted by atomic mass is 16.7. The van der Waals surface area contributed by atoms with Crippen molar-refractivity contribution in [1.82, 2.24) is 10.6 Å². The lowest BCUT2D eigenvalue weighted by Gasteiger charge is -2.44. The molecule has 65 heavy (non-hydrogen) atoms. The number of esters is 2. The Morgan fingerprint density at radius 3 is 1.80 bits per heavy atom. The number of ether oxygens (including phenoxy) is 9. The van der Waals surface area contributed by atoms with Crippen molar-refractivity contribution in [1.29, 1.82) is 0 Å². The van der Waals surface area contributed by atoms with Crippen molar-refractivity contribution in [2.45, 2.75) is 78.4 Å². The first-order chi connectivity index (χ1) is 31.1. The molecule has 0 aliphatic carbocycles. The van der Waals surface area contributed by atoms with Crippen LogP contribution in [0.4, 0.5) is 0 Å². The number of hydrogen-bond donors (Lipinski definition) is 2. The zero-order valence-corrected chi connectivity index (χ0v) is 38.9. The van der Waals surface area contributed by atoms with Crippen LogP contribution in [0.2, 0.25) is 0 Å². The fraction of sp³-hybridized carbons (Fsp3) is 0.531. The third kappa shape index (κ3) is 15.4. The van der Waals surface area contributed by atoms with Crippen LogP contribution in [0.15, 0.2) is 78.9 Å². The molecule has 2 amide bonds. The van der Waals surface area contributed by atoms with Crippen LogP contribution in [0.5, 0.6) is 11.5 Å². The predicted octanol–water partition coefficient (Wildman–Crippen LogP) is 5.16. The molecule has 0 radical (unpaired) electrons. The molecule has 4 rings (SSSR count). The van der Waals surface area contributed by atoms with Crippen molar-refractivity contribution in [3.05, 3.63) is 95.6 Å². The maximum absolute atomic E-state index is 14.2. The number of hydrogen-bond acceptors (Lipinski definition) is 14. The minimum atomic E-state index is -1.41. The third-order valence-corrected chi connectivity index (χ3v) is 11.4. The van der Waals surface area contributed by atoms with Gasteiger partial charge in [0.05, 0.1) is 72.4 Å². The monoisotopic (exact) mass is 906 g/mol. The van der Waals surface area contributed by atoms with Crippen molar-refractivity contribution in [3.8, 4) is 11.5 Å². The molecular formula is C49H66N2O14. The summed E-state index contributed by atoms with van der Waals surface area (Å²) < 4.78 is 52.4. The number of nitrogens with one attached hydrogen (secondary N) is 2. The summed E-state index contributed by atoms with van der Waals surface area (Å²) in [6, 6.07) is 24.2. The van der Waals surface area contributed by atoms with Gasteiger partial charge in [0.2, 0.25) is 11.8 Å². The number of benzene rings is 3. The smallest absolute Gasteiger partial charge is 0.306 e. The Hall–Kier alpha value is -5.39. The number of methoxy groups -OCH3 is 2. The standard InChI is InChI=1S/C49H66N2O14/c1-33(52)14-23-44(55)63-31-48(6,32-64-49(38-12-10-9-11-13-38,39-15-19-41(57-7)20-16-39)40-17-21-42(58-8)22-18-40)47(56)50-24-25-59-26-27-60-28-29-61-46-45(51-36(4)53)35(3)34(2)43(65-46)30-62-37(5)54/h9-13,15-22,34-35,43,45-46H,14,23-32H2,1-8H3,(H,50,56)(H,51,53). The van der Waals surface area contributed by atoms with Crippen LogP contribution in [0.3, 0.4) is 0 Å². The van der Waals surface area contributed by atoms with Crippen LogP contribution >= 0.6 is 0 Å². The van der Waals surface area contributed by atoms with Crippen molar-refractivity contribution in [2.75, 3.05) is 73.6 Å². The van der Waals surface area contributed by atoms with Crippen molar-refractivity contribution >= 4 is 29.5 Å². The van der Waals surface area contributed by atoms with Gasteiger partial charge in [0, 0.05) is 26.8 Å². The van der Waals surface area contributed by atoms with E-state index in [9.17, 15) is 24.0 Å². The summed E-state index contributed by atoms with van der Waals surface area (Å²) in [7, 11) is 3.18. The quantitative estimate of drug-likeness (QED) is 0.0579. The van der Waals surface area contributed by atoms with E-state index in [1.165, 1.54) is 20.8 Å². The SMILES string of the molecule is COc1ccc(C(OCC(C)(COC(=O)CCC(C)=O)C(=O)NCCOCCOCCOC2OC(COC(C)=O)C(C)C(C)C2NC(C)=O)(c2ccccc2)c2ccc(OC)cc2)cc1. The lowest BCUT2D eigenvalue weighted by atomic mass is 9.79. The largest absolute Gasteiger partial charge is 0.497 e. The van der Waals surface area contributed by atoms with Gasteiger partial charge in [0.1, 0.15) is 41.5 Å². The molecule has 0 spiro atoms. The molecule has 0 saturated carbocycles. The first-order valence-corrected chi connectivity index (χ1v) is 21.9. The Labute approximate surface area is 382 Å². The highest BCUT2D eigenvalue weighted by Crippen LogP contribution is 2.43. The Morgan fingerprint density at radius 2 is 1.25 bits per heavy atom. The molecule has 3 aromatic carbocycles. The van der Waals surface area contributed by atoms with Gasteiger partial charge in [-0.05, 0) is 66.6 Å². The zero-order valence-electron chi connectivity index (χ0n) is 38.9. The number of amides is 2. The van der Waals surface area contributed by atoms with E-state index >= 15 is 0 Å². The van der Waals surface area contributed by atoms with Gasteiger partial charge in [-0.1, -0.05) is 68.4 Å². The zero-order chi connectivity index (χ0) is 47.4. The van der Waals surface area contributed by atoms with E-state index in [0.29, 0.717) is 11.5 Å². The lowest BCUT2D eigenvalue weighted by molar-refractivity contribution is -0.247. The molecule has 1 fully saturated rings. The second kappa shape index (κ2) is 25.9. The Bertz CT molecular complexity index is 1910. The first-order valence-electron chi connectivity index (χ1n) is 21.9. The van der Waals surface area contributed by atoms with Gasteiger partial charge in [-0.15, -0.1) is 0 Å². The van der Waals surface area contributed by atoms with Gasteiger partial charge in [-0.2, -0.15) is 0 Å². The topological polar surface area (TPSA) is 192 Å². The van der Waals surface area contributed by atoms with Crippen LogP contribution < -0.4 is 20.1 Å². The van der Waals surface area contributed by atoms with Crippen LogP contribution in [0, 0.1) is 17.3 Å².